The number of hydrogen-bond donors (Lipinski definition) is 1. The quantitative estimate of drug-likeness (QED) is 0.326. The third-order valence-electron chi connectivity index (χ3n) is 6.16. The van der Waals surface area contributed by atoms with E-state index in [0.29, 0.717) is 29.8 Å². The summed E-state index contributed by atoms with van der Waals surface area (Å²) >= 11 is 0. The van der Waals surface area contributed by atoms with Crippen LogP contribution in [0.5, 0.6) is 6.01 Å². The molecule has 0 spiro atoms. The van der Waals surface area contributed by atoms with Crippen molar-refractivity contribution in [3.05, 3.63) is 64.4 Å². The Bertz CT molecular complexity index is 1400. The molecule has 2 aromatic heterocycles. The zero-order chi connectivity index (χ0) is 26.8. The smallest absolute Gasteiger partial charge is 0.414 e. The van der Waals surface area contributed by atoms with Crippen molar-refractivity contribution in [3.63, 3.8) is 0 Å². The summed E-state index contributed by atoms with van der Waals surface area (Å²) in [6, 6.07) is 6.32. The molecule has 1 aromatic carbocycles. The summed E-state index contributed by atoms with van der Waals surface area (Å²) in [5.74, 6) is -1.33. The van der Waals surface area contributed by atoms with Crippen molar-refractivity contribution >= 4 is 23.5 Å². The monoisotopic (exact) mass is 526 g/mol. The van der Waals surface area contributed by atoms with Crippen molar-refractivity contribution in [2.24, 2.45) is 5.73 Å². The van der Waals surface area contributed by atoms with Gasteiger partial charge in [-0.1, -0.05) is 0 Å². The third-order valence-corrected chi connectivity index (χ3v) is 6.16. The standard InChI is InChI=1S/C24H23FN6O7/c25-20-6-16(30-10-17(38-24(30)33)2-4-21(26)32)1-3-19(20)15-5-14(7-27-8-15)12-36-18-9-29-11-22(31(34)35)28-23(29)37-13-18/h1,3,5-8,11,17-18H,2,4,9-10,12-13H2,(H2,26,32)/t17-,18-/m0/s1. The maximum absolute atomic E-state index is 15.1. The Balaban J connectivity index is 1.22. The van der Waals surface area contributed by atoms with E-state index in [9.17, 15) is 19.7 Å². The van der Waals surface area contributed by atoms with Gasteiger partial charge in [-0.15, -0.1) is 0 Å². The molecule has 1 saturated heterocycles. The number of imidazole rings is 1. The lowest BCUT2D eigenvalue weighted by Crippen LogP contribution is -2.32. The fourth-order valence-corrected chi connectivity index (χ4v) is 4.28. The minimum Gasteiger partial charge on any atom is -0.444 e. The van der Waals surface area contributed by atoms with Crippen LogP contribution in [-0.4, -0.2) is 56.8 Å². The van der Waals surface area contributed by atoms with E-state index in [1.54, 1.807) is 24.4 Å². The van der Waals surface area contributed by atoms with E-state index in [4.69, 9.17) is 19.9 Å². The normalized spacial score (nSPS) is 18.6. The molecule has 14 heteroatoms. The lowest BCUT2D eigenvalue weighted by Gasteiger charge is -2.22. The third kappa shape index (κ3) is 5.39. The molecule has 2 amide bonds. The molecule has 0 aliphatic carbocycles. The van der Waals surface area contributed by atoms with Gasteiger partial charge in [-0.2, -0.15) is 0 Å². The van der Waals surface area contributed by atoms with Gasteiger partial charge in [0.25, 0.3) is 0 Å². The van der Waals surface area contributed by atoms with Gasteiger partial charge in [0.2, 0.25) is 5.91 Å². The number of hydrogen-bond acceptors (Lipinski definition) is 9. The predicted molar refractivity (Wildman–Crippen MR) is 129 cm³/mol. The zero-order valence-electron chi connectivity index (χ0n) is 20.0. The number of rotatable bonds is 9. The van der Waals surface area contributed by atoms with Gasteiger partial charge in [0.1, 0.15) is 30.8 Å². The maximum Gasteiger partial charge on any atom is 0.414 e. The summed E-state index contributed by atoms with van der Waals surface area (Å²) in [6.45, 7) is 0.868. The van der Waals surface area contributed by atoms with Crippen molar-refractivity contribution in [1.82, 2.24) is 14.5 Å². The number of ether oxygens (including phenoxy) is 3. The molecular weight excluding hydrogens is 503 g/mol. The Kier molecular flexibility index (Phi) is 6.87. The second-order valence-corrected chi connectivity index (χ2v) is 8.90. The van der Waals surface area contributed by atoms with Crippen LogP contribution in [0.2, 0.25) is 0 Å². The molecule has 0 unspecified atom stereocenters. The van der Waals surface area contributed by atoms with Crippen molar-refractivity contribution in [1.29, 1.82) is 0 Å². The molecule has 2 N–H and O–H groups in total. The van der Waals surface area contributed by atoms with Crippen LogP contribution >= 0.6 is 0 Å². The summed E-state index contributed by atoms with van der Waals surface area (Å²) in [5.41, 5.74) is 6.98. The summed E-state index contributed by atoms with van der Waals surface area (Å²) in [4.78, 5) is 42.9. The molecule has 2 aliphatic rings. The number of carbonyl (C=O) groups excluding carboxylic acids is 2. The Labute approximate surface area is 215 Å². The van der Waals surface area contributed by atoms with E-state index in [1.807, 2.05) is 0 Å². The molecule has 2 aliphatic heterocycles. The van der Waals surface area contributed by atoms with Crippen LogP contribution in [0.3, 0.4) is 0 Å². The number of carbonyl (C=O) groups is 2. The Hall–Kier alpha value is -4.59. The van der Waals surface area contributed by atoms with Gasteiger partial charge in [0, 0.05) is 34.9 Å². The minimum absolute atomic E-state index is 0.0903. The van der Waals surface area contributed by atoms with E-state index < -0.39 is 28.8 Å². The van der Waals surface area contributed by atoms with Crippen molar-refractivity contribution < 1.29 is 33.1 Å². The fraction of sp³-hybridized carbons (Fsp3) is 0.333. The fourth-order valence-electron chi connectivity index (χ4n) is 4.28. The maximum atomic E-state index is 15.1. The summed E-state index contributed by atoms with van der Waals surface area (Å²) in [5, 5.41) is 10.9. The first kappa shape index (κ1) is 25.1. The highest BCUT2D eigenvalue weighted by atomic mass is 19.1. The second kappa shape index (κ2) is 10.4. The molecular formula is C24H23FN6O7. The van der Waals surface area contributed by atoms with Crippen LogP contribution in [0, 0.1) is 15.9 Å². The number of cyclic esters (lactones) is 1. The van der Waals surface area contributed by atoms with Gasteiger partial charge in [-0.3, -0.25) is 19.2 Å². The number of benzene rings is 1. The number of aromatic nitrogens is 3. The van der Waals surface area contributed by atoms with E-state index in [1.165, 1.54) is 27.9 Å². The summed E-state index contributed by atoms with van der Waals surface area (Å²) < 4.78 is 33.2. The Morgan fingerprint density at radius 3 is 2.89 bits per heavy atom. The largest absolute Gasteiger partial charge is 0.444 e. The van der Waals surface area contributed by atoms with E-state index in [0.717, 1.165) is 0 Å². The van der Waals surface area contributed by atoms with Gasteiger partial charge in [0.15, 0.2) is 0 Å². The second-order valence-electron chi connectivity index (χ2n) is 8.90. The lowest BCUT2D eigenvalue weighted by atomic mass is 10.0. The number of pyridine rings is 1. The van der Waals surface area contributed by atoms with Crippen LogP contribution in [0.25, 0.3) is 11.1 Å². The molecule has 2 atom stereocenters. The molecule has 0 saturated carbocycles. The molecule has 4 heterocycles. The molecule has 1 fully saturated rings. The molecule has 0 bridgehead atoms. The number of halogens is 1. The Morgan fingerprint density at radius 2 is 2.13 bits per heavy atom. The molecule has 0 radical (unpaired) electrons. The van der Waals surface area contributed by atoms with Crippen LogP contribution in [-0.2, 0) is 27.4 Å². The lowest BCUT2D eigenvalue weighted by molar-refractivity contribution is -0.389. The first-order chi connectivity index (χ1) is 18.3. The van der Waals surface area contributed by atoms with Gasteiger partial charge < -0.3 is 30.1 Å². The molecule has 13 nitrogen and oxygen atoms in total. The van der Waals surface area contributed by atoms with Crippen molar-refractivity contribution in [2.75, 3.05) is 18.1 Å². The van der Waals surface area contributed by atoms with Gasteiger partial charge in [-0.25, -0.2) is 9.18 Å². The number of amides is 2. The van der Waals surface area contributed by atoms with E-state index >= 15 is 4.39 Å². The Morgan fingerprint density at radius 1 is 1.29 bits per heavy atom. The van der Waals surface area contributed by atoms with Gasteiger partial charge in [-0.05, 0) is 41.2 Å². The number of nitro groups is 1. The number of fused-ring (bicyclic) bond motifs is 1. The summed E-state index contributed by atoms with van der Waals surface area (Å²) in [7, 11) is 0. The highest BCUT2D eigenvalue weighted by molar-refractivity contribution is 5.90. The molecule has 5 rings (SSSR count). The summed E-state index contributed by atoms with van der Waals surface area (Å²) in [6.07, 6.45) is 3.32. The zero-order valence-corrected chi connectivity index (χ0v) is 20.0. The number of anilines is 1. The van der Waals surface area contributed by atoms with Gasteiger partial charge in [0.05, 0.1) is 25.4 Å². The highest BCUT2D eigenvalue weighted by Crippen LogP contribution is 2.30. The number of nitrogens with zero attached hydrogens (tertiary/aromatic N) is 5. The highest BCUT2D eigenvalue weighted by Gasteiger charge is 2.33. The van der Waals surface area contributed by atoms with E-state index in [2.05, 4.69) is 9.97 Å². The number of primary amides is 1. The predicted octanol–water partition coefficient (Wildman–Crippen LogP) is 2.56. The van der Waals surface area contributed by atoms with Crippen LogP contribution in [0.15, 0.2) is 42.9 Å². The van der Waals surface area contributed by atoms with Crippen LogP contribution in [0.1, 0.15) is 18.4 Å². The SMILES string of the molecule is NC(=O)CC[C@H]1CN(c2ccc(-c3cncc(CO[C@@H]4COc5nc([N+](=O)[O-])cn5C4)c3)c(F)c2)C(=O)O1. The van der Waals surface area contributed by atoms with E-state index in [-0.39, 0.29) is 49.7 Å². The van der Waals surface area contributed by atoms with Gasteiger partial charge >= 0.3 is 17.9 Å². The first-order valence-corrected chi connectivity index (χ1v) is 11.7. The average molecular weight is 526 g/mol. The molecule has 198 valence electrons. The van der Waals surface area contributed by atoms with Crippen LogP contribution in [0.4, 0.5) is 20.7 Å². The first-order valence-electron chi connectivity index (χ1n) is 11.7. The number of nitrogens with two attached hydrogens (primary N) is 1. The topological polar surface area (TPSA) is 165 Å². The van der Waals surface area contributed by atoms with Crippen LogP contribution < -0.4 is 15.4 Å². The van der Waals surface area contributed by atoms with Crippen molar-refractivity contribution in [3.8, 4) is 17.1 Å². The molecule has 3 aromatic rings. The molecule has 38 heavy (non-hydrogen) atoms. The average Bonchev–Trinajstić information content (AvgIpc) is 3.49. The van der Waals surface area contributed by atoms with Crippen molar-refractivity contribution in [2.45, 2.75) is 38.2 Å². The minimum atomic E-state index is -0.614.